The SMILES string of the molecule is O=C(C=Cc1ccc(C=Cc2cccnc2)cc1)c1cccc(Cl)c1. The summed E-state index contributed by atoms with van der Waals surface area (Å²) in [5, 5.41) is 0.559. The molecule has 0 aliphatic heterocycles. The predicted molar refractivity (Wildman–Crippen MR) is 104 cm³/mol. The predicted octanol–water partition coefficient (Wildman–Crippen LogP) is 5.80. The number of nitrogens with zero attached hydrogens (tertiary/aromatic N) is 1. The highest BCUT2D eigenvalue weighted by atomic mass is 35.5. The molecule has 2 nitrogen and oxygen atoms in total. The van der Waals surface area contributed by atoms with E-state index in [0.29, 0.717) is 10.6 Å². The summed E-state index contributed by atoms with van der Waals surface area (Å²) in [5.74, 6) is -0.0666. The number of benzene rings is 2. The van der Waals surface area contributed by atoms with Gasteiger partial charge in [0, 0.05) is 23.0 Å². The van der Waals surface area contributed by atoms with Crippen LogP contribution in [0.15, 0.2) is 79.1 Å². The maximum atomic E-state index is 12.1. The average molecular weight is 346 g/mol. The molecule has 3 heteroatoms. The van der Waals surface area contributed by atoms with Crippen molar-refractivity contribution in [2.24, 2.45) is 0 Å². The number of allylic oxidation sites excluding steroid dienone is 1. The molecule has 3 aromatic rings. The van der Waals surface area contributed by atoms with Gasteiger partial charge in [0.25, 0.3) is 0 Å². The Labute approximate surface area is 152 Å². The van der Waals surface area contributed by atoms with Crippen LogP contribution in [0.2, 0.25) is 5.02 Å². The van der Waals surface area contributed by atoms with Gasteiger partial charge in [-0.2, -0.15) is 0 Å². The Kier molecular flexibility index (Phi) is 5.55. The van der Waals surface area contributed by atoms with Gasteiger partial charge in [-0.3, -0.25) is 9.78 Å². The van der Waals surface area contributed by atoms with E-state index in [1.54, 1.807) is 42.6 Å². The lowest BCUT2D eigenvalue weighted by Crippen LogP contribution is -1.93. The second-order valence-corrected chi connectivity index (χ2v) is 5.93. The molecule has 2 aromatic carbocycles. The number of aromatic nitrogens is 1. The number of halogens is 1. The van der Waals surface area contributed by atoms with Crippen molar-refractivity contribution in [2.45, 2.75) is 0 Å². The van der Waals surface area contributed by atoms with E-state index >= 15 is 0 Å². The first-order valence-electron chi connectivity index (χ1n) is 7.87. The van der Waals surface area contributed by atoms with Crippen molar-refractivity contribution in [3.05, 3.63) is 106 Å². The first kappa shape index (κ1) is 16.9. The van der Waals surface area contributed by atoms with Crippen LogP contribution in [0.4, 0.5) is 0 Å². The van der Waals surface area contributed by atoms with Gasteiger partial charge in [-0.15, -0.1) is 0 Å². The van der Waals surface area contributed by atoms with E-state index in [9.17, 15) is 4.79 Å². The molecule has 0 bridgehead atoms. The quantitative estimate of drug-likeness (QED) is 0.432. The first-order chi connectivity index (χ1) is 12.2. The Morgan fingerprint density at radius 2 is 1.56 bits per heavy atom. The van der Waals surface area contributed by atoms with Crippen LogP contribution in [0.25, 0.3) is 18.2 Å². The van der Waals surface area contributed by atoms with Gasteiger partial charge in [-0.25, -0.2) is 0 Å². The van der Waals surface area contributed by atoms with Gasteiger partial charge >= 0.3 is 0 Å². The molecule has 0 atom stereocenters. The molecular weight excluding hydrogens is 330 g/mol. The summed E-state index contributed by atoms with van der Waals surface area (Å²) in [5.41, 5.74) is 3.69. The molecule has 0 amide bonds. The third-order valence-electron chi connectivity index (χ3n) is 3.63. The van der Waals surface area contributed by atoms with Gasteiger partial charge in [0.05, 0.1) is 0 Å². The minimum Gasteiger partial charge on any atom is -0.289 e. The Balaban J connectivity index is 1.66. The summed E-state index contributed by atoms with van der Waals surface area (Å²) in [7, 11) is 0. The molecule has 1 heterocycles. The smallest absolute Gasteiger partial charge is 0.185 e. The Morgan fingerprint density at radius 1 is 0.840 bits per heavy atom. The van der Waals surface area contributed by atoms with Crippen molar-refractivity contribution in [3.63, 3.8) is 0 Å². The highest BCUT2D eigenvalue weighted by Gasteiger charge is 2.01. The van der Waals surface area contributed by atoms with Crippen LogP contribution in [0.3, 0.4) is 0 Å². The van der Waals surface area contributed by atoms with Crippen LogP contribution < -0.4 is 0 Å². The molecule has 0 saturated carbocycles. The van der Waals surface area contributed by atoms with E-state index in [-0.39, 0.29) is 5.78 Å². The largest absolute Gasteiger partial charge is 0.289 e. The summed E-state index contributed by atoms with van der Waals surface area (Å²) < 4.78 is 0. The molecule has 25 heavy (non-hydrogen) atoms. The van der Waals surface area contributed by atoms with Crippen molar-refractivity contribution in [2.75, 3.05) is 0 Å². The average Bonchev–Trinajstić information content (AvgIpc) is 2.66. The Bertz CT molecular complexity index is 912. The first-order valence-corrected chi connectivity index (χ1v) is 8.25. The van der Waals surface area contributed by atoms with E-state index in [2.05, 4.69) is 4.98 Å². The van der Waals surface area contributed by atoms with Gasteiger partial charge < -0.3 is 0 Å². The molecule has 0 saturated heterocycles. The second-order valence-electron chi connectivity index (χ2n) is 5.49. The van der Waals surface area contributed by atoms with Gasteiger partial charge in [-0.05, 0) is 41.0 Å². The maximum Gasteiger partial charge on any atom is 0.185 e. The number of carbonyl (C=O) groups excluding carboxylic acids is 1. The number of pyridine rings is 1. The summed E-state index contributed by atoms with van der Waals surface area (Å²) in [4.78, 5) is 16.2. The fraction of sp³-hybridized carbons (Fsp3) is 0. The zero-order valence-corrected chi connectivity index (χ0v) is 14.2. The highest BCUT2D eigenvalue weighted by Crippen LogP contribution is 2.13. The number of rotatable bonds is 5. The van der Waals surface area contributed by atoms with Crippen LogP contribution in [0.1, 0.15) is 27.0 Å². The summed E-state index contributed by atoms with van der Waals surface area (Å²) in [6, 6.07) is 18.8. The van der Waals surface area contributed by atoms with Crippen LogP contribution in [-0.4, -0.2) is 10.8 Å². The summed E-state index contributed by atoms with van der Waals surface area (Å²) in [6.07, 6.45) is 11.0. The molecule has 0 N–H and O–H groups in total. The third-order valence-corrected chi connectivity index (χ3v) is 3.86. The zero-order chi connectivity index (χ0) is 17.5. The lowest BCUT2D eigenvalue weighted by molar-refractivity contribution is 0.104. The molecular formula is C22H16ClNO. The van der Waals surface area contributed by atoms with Crippen LogP contribution >= 0.6 is 11.6 Å². The van der Waals surface area contributed by atoms with Crippen molar-refractivity contribution in [3.8, 4) is 0 Å². The minimum atomic E-state index is -0.0666. The normalized spacial score (nSPS) is 11.2. The van der Waals surface area contributed by atoms with E-state index in [1.807, 2.05) is 54.7 Å². The zero-order valence-electron chi connectivity index (χ0n) is 13.5. The van der Waals surface area contributed by atoms with Gasteiger partial charge in [0.1, 0.15) is 0 Å². The fourth-order valence-corrected chi connectivity index (χ4v) is 2.49. The van der Waals surface area contributed by atoms with Crippen LogP contribution in [0.5, 0.6) is 0 Å². The summed E-state index contributed by atoms with van der Waals surface area (Å²) >= 11 is 5.91. The standard InChI is InChI=1S/C22H16ClNO/c23-21-5-1-4-20(15-21)22(25)13-12-18-8-6-17(7-9-18)10-11-19-3-2-14-24-16-19/h1-16H. The number of ketones is 1. The van der Waals surface area contributed by atoms with E-state index < -0.39 is 0 Å². The molecule has 122 valence electrons. The lowest BCUT2D eigenvalue weighted by Gasteiger charge is -1.98. The number of hydrogen-bond acceptors (Lipinski definition) is 2. The van der Waals surface area contributed by atoms with Crippen molar-refractivity contribution in [1.29, 1.82) is 0 Å². The number of hydrogen-bond donors (Lipinski definition) is 0. The Morgan fingerprint density at radius 3 is 2.24 bits per heavy atom. The molecule has 0 spiro atoms. The molecule has 0 radical (unpaired) electrons. The summed E-state index contributed by atoms with van der Waals surface area (Å²) in [6.45, 7) is 0. The molecule has 1 aromatic heterocycles. The van der Waals surface area contributed by atoms with Crippen LogP contribution in [-0.2, 0) is 0 Å². The monoisotopic (exact) mass is 345 g/mol. The molecule has 0 aliphatic carbocycles. The van der Waals surface area contributed by atoms with Crippen LogP contribution in [0, 0.1) is 0 Å². The van der Waals surface area contributed by atoms with Gasteiger partial charge in [0.2, 0.25) is 0 Å². The van der Waals surface area contributed by atoms with Gasteiger partial charge in [0.15, 0.2) is 5.78 Å². The van der Waals surface area contributed by atoms with Gasteiger partial charge in [-0.1, -0.05) is 72.3 Å². The number of carbonyl (C=O) groups is 1. The van der Waals surface area contributed by atoms with Crippen molar-refractivity contribution in [1.82, 2.24) is 4.98 Å². The van der Waals surface area contributed by atoms with Crippen molar-refractivity contribution >= 4 is 35.6 Å². The molecule has 0 unspecified atom stereocenters. The molecule has 3 rings (SSSR count). The second kappa shape index (κ2) is 8.22. The molecule has 0 fully saturated rings. The minimum absolute atomic E-state index is 0.0666. The maximum absolute atomic E-state index is 12.1. The van der Waals surface area contributed by atoms with Crippen molar-refractivity contribution < 1.29 is 4.79 Å². The van der Waals surface area contributed by atoms with E-state index in [4.69, 9.17) is 11.6 Å². The highest BCUT2D eigenvalue weighted by molar-refractivity contribution is 6.31. The lowest BCUT2D eigenvalue weighted by atomic mass is 10.1. The topological polar surface area (TPSA) is 30.0 Å². The van der Waals surface area contributed by atoms with E-state index in [1.165, 1.54) is 0 Å². The molecule has 0 aliphatic rings. The van der Waals surface area contributed by atoms with E-state index in [0.717, 1.165) is 16.7 Å². The Hall–Kier alpha value is -2.97. The third kappa shape index (κ3) is 5.00. The fourth-order valence-electron chi connectivity index (χ4n) is 2.30.